The van der Waals surface area contributed by atoms with Gasteiger partial charge in [0.1, 0.15) is 18.5 Å². The molecule has 2 heterocycles. The summed E-state index contributed by atoms with van der Waals surface area (Å²) in [5.74, 6) is 0.781. The van der Waals surface area contributed by atoms with Crippen LogP contribution in [0.3, 0.4) is 0 Å². The molecular weight excluding hydrogens is 352 g/mol. The summed E-state index contributed by atoms with van der Waals surface area (Å²) in [6.45, 7) is 1.36. The van der Waals surface area contributed by atoms with Crippen molar-refractivity contribution in [2.45, 2.75) is 6.17 Å². The van der Waals surface area contributed by atoms with E-state index >= 15 is 0 Å². The molecule has 26 heavy (non-hydrogen) atoms. The number of halogens is 1. The van der Waals surface area contributed by atoms with E-state index in [-0.39, 0.29) is 12.1 Å². The SMILES string of the molecule is COCCN1C(=O)c2ccccc2N[C@H]1C1=Cc2cc(Cl)ccc2OC1. The highest BCUT2D eigenvalue weighted by atomic mass is 35.5. The molecule has 1 atom stereocenters. The van der Waals surface area contributed by atoms with Crippen LogP contribution in [0.25, 0.3) is 6.08 Å². The summed E-state index contributed by atoms with van der Waals surface area (Å²) in [5.41, 5.74) is 3.38. The minimum atomic E-state index is -0.292. The molecule has 1 amide bonds. The molecule has 0 saturated carbocycles. The van der Waals surface area contributed by atoms with Crippen LogP contribution in [0.2, 0.25) is 5.02 Å². The van der Waals surface area contributed by atoms with Crippen molar-refractivity contribution in [2.75, 3.05) is 32.2 Å². The van der Waals surface area contributed by atoms with Crippen molar-refractivity contribution >= 4 is 29.3 Å². The normalized spacial score (nSPS) is 18.4. The summed E-state index contributed by atoms with van der Waals surface area (Å²) >= 11 is 6.12. The number of methoxy groups -OCH3 is 1. The maximum absolute atomic E-state index is 13.0. The van der Waals surface area contributed by atoms with Gasteiger partial charge < -0.3 is 19.7 Å². The number of carbonyl (C=O) groups is 1. The molecule has 0 bridgehead atoms. The van der Waals surface area contributed by atoms with Crippen molar-refractivity contribution in [2.24, 2.45) is 0 Å². The fourth-order valence-corrected chi connectivity index (χ4v) is 3.51. The van der Waals surface area contributed by atoms with Crippen molar-refractivity contribution in [3.8, 4) is 5.75 Å². The number of carbonyl (C=O) groups excluding carboxylic acids is 1. The van der Waals surface area contributed by atoms with Crippen molar-refractivity contribution in [1.82, 2.24) is 4.90 Å². The van der Waals surface area contributed by atoms with E-state index in [4.69, 9.17) is 21.1 Å². The molecule has 0 aliphatic carbocycles. The minimum Gasteiger partial charge on any atom is -0.488 e. The predicted molar refractivity (Wildman–Crippen MR) is 102 cm³/mol. The molecule has 4 rings (SSSR count). The van der Waals surface area contributed by atoms with E-state index in [1.54, 1.807) is 12.0 Å². The number of fused-ring (bicyclic) bond motifs is 2. The van der Waals surface area contributed by atoms with Gasteiger partial charge in [0.05, 0.1) is 12.2 Å². The first-order valence-corrected chi connectivity index (χ1v) is 8.83. The molecule has 0 saturated heterocycles. The van der Waals surface area contributed by atoms with Crippen LogP contribution in [0, 0.1) is 0 Å². The summed E-state index contributed by atoms with van der Waals surface area (Å²) in [6, 6.07) is 13.1. The Bertz CT molecular complexity index is 881. The predicted octanol–water partition coefficient (Wildman–Crippen LogP) is 3.66. The quantitative estimate of drug-likeness (QED) is 0.892. The number of amides is 1. The standard InChI is InChI=1S/C20H19ClN2O3/c1-25-9-8-23-19(22-17-5-3-2-4-16(17)20(23)24)14-10-13-11-15(21)6-7-18(13)26-12-14/h2-7,10-11,19,22H,8-9,12H2,1H3/t19-/m1/s1. The molecule has 2 aromatic rings. The highest BCUT2D eigenvalue weighted by molar-refractivity contribution is 6.30. The summed E-state index contributed by atoms with van der Waals surface area (Å²) in [6.07, 6.45) is 1.75. The van der Waals surface area contributed by atoms with E-state index in [2.05, 4.69) is 5.32 Å². The van der Waals surface area contributed by atoms with Crippen LogP contribution in [0.1, 0.15) is 15.9 Å². The Balaban J connectivity index is 1.72. The lowest BCUT2D eigenvalue weighted by Gasteiger charge is -2.39. The average Bonchev–Trinajstić information content (AvgIpc) is 2.66. The van der Waals surface area contributed by atoms with E-state index < -0.39 is 0 Å². The molecular formula is C20H19ClN2O3. The molecule has 5 nitrogen and oxygen atoms in total. The molecule has 0 radical (unpaired) electrons. The van der Waals surface area contributed by atoms with E-state index in [1.165, 1.54) is 0 Å². The first-order chi connectivity index (χ1) is 12.7. The lowest BCUT2D eigenvalue weighted by molar-refractivity contribution is 0.0634. The number of hydrogen-bond donors (Lipinski definition) is 1. The van der Waals surface area contributed by atoms with E-state index in [9.17, 15) is 4.79 Å². The second-order valence-electron chi connectivity index (χ2n) is 6.27. The highest BCUT2D eigenvalue weighted by Gasteiger charge is 2.34. The Morgan fingerprint density at radius 2 is 2.15 bits per heavy atom. The van der Waals surface area contributed by atoms with Crippen LogP contribution in [0.15, 0.2) is 48.0 Å². The minimum absolute atomic E-state index is 0.0146. The Morgan fingerprint density at radius 3 is 3.00 bits per heavy atom. The fourth-order valence-electron chi connectivity index (χ4n) is 3.33. The zero-order valence-electron chi connectivity index (χ0n) is 14.4. The van der Waals surface area contributed by atoms with Gasteiger partial charge in [0.25, 0.3) is 5.91 Å². The summed E-state index contributed by atoms with van der Waals surface area (Å²) < 4.78 is 11.1. The third-order valence-electron chi connectivity index (χ3n) is 4.62. The van der Waals surface area contributed by atoms with Gasteiger partial charge in [-0.25, -0.2) is 0 Å². The van der Waals surface area contributed by atoms with Crippen LogP contribution >= 0.6 is 11.6 Å². The Morgan fingerprint density at radius 1 is 1.31 bits per heavy atom. The molecule has 0 aromatic heterocycles. The molecule has 0 fully saturated rings. The van der Waals surface area contributed by atoms with Crippen molar-refractivity contribution in [3.63, 3.8) is 0 Å². The number of anilines is 1. The second kappa shape index (κ2) is 7.02. The zero-order chi connectivity index (χ0) is 18.1. The lowest BCUT2D eigenvalue weighted by Crippen LogP contribution is -2.51. The smallest absolute Gasteiger partial charge is 0.257 e. The molecule has 1 N–H and O–H groups in total. The summed E-state index contributed by atoms with van der Waals surface area (Å²) in [5, 5.41) is 4.12. The molecule has 2 aromatic carbocycles. The molecule has 6 heteroatoms. The van der Waals surface area contributed by atoms with Gasteiger partial charge in [0, 0.05) is 35.5 Å². The number of ether oxygens (including phenoxy) is 2. The zero-order valence-corrected chi connectivity index (χ0v) is 15.1. The van der Waals surface area contributed by atoms with Gasteiger partial charge in [-0.05, 0) is 36.4 Å². The second-order valence-corrected chi connectivity index (χ2v) is 6.71. The Labute approximate surface area is 157 Å². The average molecular weight is 371 g/mol. The largest absolute Gasteiger partial charge is 0.488 e. The lowest BCUT2D eigenvalue weighted by atomic mass is 10.0. The number of para-hydroxylation sites is 1. The van der Waals surface area contributed by atoms with Gasteiger partial charge in [-0.3, -0.25) is 4.79 Å². The maximum Gasteiger partial charge on any atom is 0.257 e. The number of hydrogen-bond acceptors (Lipinski definition) is 4. The van der Waals surface area contributed by atoms with Gasteiger partial charge in [0.15, 0.2) is 0 Å². The number of rotatable bonds is 4. The van der Waals surface area contributed by atoms with E-state index in [0.29, 0.717) is 30.3 Å². The molecule has 2 aliphatic rings. The van der Waals surface area contributed by atoms with Crippen LogP contribution < -0.4 is 10.1 Å². The monoisotopic (exact) mass is 370 g/mol. The van der Waals surface area contributed by atoms with E-state index in [1.807, 2.05) is 48.5 Å². The Hall–Kier alpha value is -2.50. The number of benzene rings is 2. The van der Waals surface area contributed by atoms with Crippen molar-refractivity contribution in [3.05, 3.63) is 64.2 Å². The first-order valence-electron chi connectivity index (χ1n) is 8.45. The van der Waals surface area contributed by atoms with Gasteiger partial charge in [-0.1, -0.05) is 23.7 Å². The van der Waals surface area contributed by atoms with Crippen LogP contribution in [-0.4, -0.2) is 43.8 Å². The van der Waals surface area contributed by atoms with Gasteiger partial charge >= 0.3 is 0 Å². The molecule has 0 spiro atoms. The van der Waals surface area contributed by atoms with Gasteiger partial charge in [-0.15, -0.1) is 0 Å². The number of nitrogens with one attached hydrogen (secondary N) is 1. The fraction of sp³-hybridized carbons (Fsp3) is 0.250. The third-order valence-corrected chi connectivity index (χ3v) is 4.85. The van der Waals surface area contributed by atoms with Crippen molar-refractivity contribution < 1.29 is 14.3 Å². The Kier molecular flexibility index (Phi) is 4.57. The van der Waals surface area contributed by atoms with Crippen molar-refractivity contribution in [1.29, 1.82) is 0 Å². The topological polar surface area (TPSA) is 50.8 Å². The summed E-state index contributed by atoms with van der Waals surface area (Å²) in [4.78, 5) is 14.8. The molecule has 134 valence electrons. The van der Waals surface area contributed by atoms with Gasteiger partial charge in [-0.2, -0.15) is 0 Å². The molecule has 0 unspecified atom stereocenters. The van der Waals surface area contributed by atoms with Crippen LogP contribution in [0.5, 0.6) is 5.75 Å². The summed E-state index contributed by atoms with van der Waals surface area (Å²) in [7, 11) is 1.63. The third kappa shape index (κ3) is 3.04. The highest BCUT2D eigenvalue weighted by Crippen LogP contribution is 2.34. The maximum atomic E-state index is 13.0. The van der Waals surface area contributed by atoms with E-state index in [0.717, 1.165) is 22.6 Å². The van der Waals surface area contributed by atoms with Crippen LogP contribution in [0.4, 0.5) is 5.69 Å². The first kappa shape index (κ1) is 16.9. The molecule has 2 aliphatic heterocycles. The van der Waals surface area contributed by atoms with Gasteiger partial charge in [0.2, 0.25) is 0 Å². The van der Waals surface area contributed by atoms with Crippen LogP contribution in [-0.2, 0) is 4.74 Å². The number of nitrogens with zero attached hydrogens (tertiary/aromatic N) is 1.